The number of benzene rings is 1. The van der Waals surface area contributed by atoms with Crippen LogP contribution in [0.3, 0.4) is 0 Å². The van der Waals surface area contributed by atoms with Crippen molar-refractivity contribution in [3.63, 3.8) is 0 Å². The van der Waals surface area contributed by atoms with E-state index in [1.807, 2.05) is 19.9 Å². The summed E-state index contributed by atoms with van der Waals surface area (Å²) < 4.78 is 28.5. The van der Waals surface area contributed by atoms with Gasteiger partial charge >= 0.3 is 0 Å². The minimum absolute atomic E-state index is 0.0732. The van der Waals surface area contributed by atoms with Gasteiger partial charge in [0, 0.05) is 0 Å². The number of hydrogen-bond donors (Lipinski definition) is 0. The van der Waals surface area contributed by atoms with E-state index in [9.17, 15) is 8.42 Å². The van der Waals surface area contributed by atoms with Crippen LogP contribution in [0, 0.1) is 17.2 Å². The van der Waals surface area contributed by atoms with Crippen LogP contribution in [0.5, 0.6) is 0 Å². The van der Waals surface area contributed by atoms with Crippen molar-refractivity contribution in [3.05, 3.63) is 30.3 Å². The predicted molar refractivity (Wildman–Crippen MR) is 63.6 cm³/mol. The molecule has 0 aliphatic heterocycles. The molecule has 0 heterocycles. The van der Waals surface area contributed by atoms with Gasteiger partial charge < -0.3 is 0 Å². The highest BCUT2D eigenvalue weighted by atomic mass is 32.2. The van der Waals surface area contributed by atoms with E-state index in [0.29, 0.717) is 6.42 Å². The van der Waals surface area contributed by atoms with E-state index in [1.165, 1.54) is 12.1 Å². The van der Waals surface area contributed by atoms with Crippen LogP contribution in [-0.4, -0.2) is 14.5 Å². The first kappa shape index (κ1) is 13.7. The Morgan fingerprint density at radius 1 is 1.29 bits per heavy atom. The Bertz CT molecular complexity index is 488. The lowest BCUT2D eigenvalue weighted by molar-refractivity contribution is 0.232. The van der Waals surface area contributed by atoms with E-state index in [-0.39, 0.29) is 10.8 Å². The number of nitrogens with zero attached hydrogens (tertiary/aromatic N) is 1. The molecule has 0 aromatic heterocycles. The first-order chi connectivity index (χ1) is 7.95. The molecule has 0 bridgehead atoms. The highest BCUT2D eigenvalue weighted by Crippen LogP contribution is 2.17. The molecule has 0 aliphatic carbocycles. The van der Waals surface area contributed by atoms with Gasteiger partial charge in [0.15, 0.2) is 6.10 Å². The van der Waals surface area contributed by atoms with Gasteiger partial charge in [0.1, 0.15) is 0 Å². The van der Waals surface area contributed by atoms with Crippen LogP contribution in [-0.2, 0) is 14.3 Å². The average Bonchev–Trinajstić information content (AvgIpc) is 2.28. The van der Waals surface area contributed by atoms with Crippen molar-refractivity contribution >= 4 is 10.1 Å². The van der Waals surface area contributed by atoms with Crippen molar-refractivity contribution in [2.24, 2.45) is 5.92 Å². The topological polar surface area (TPSA) is 67.2 Å². The second-order valence-corrected chi connectivity index (χ2v) is 5.68. The average molecular weight is 253 g/mol. The Balaban J connectivity index is 2.84. The summed E-state index contributed by atoms with van der Waals surface area (Å²) in [6.07, 6.45) is -0.539. The number of rotatable bonds is 5. The minimum atomic E-state index is -3.84. The molecule has 1 atom stereocenters. The van der Waals surface area contributed by atoms with Crippen LogP contribution in [0.2, 0.25) is 0 Å². The van der Waals surface area contributed by atoms with E-state index in [1.54, 1.807) is 18.2 Å². The molecule has 1 aromatic carbocycles. The van der Waals surface area contributed by atoms with Gasteiger partial charge in [0.2, 0.25) is 0 Å². The first-order valence-electron chi connectivity index (χ1n) is 5.33. The molecule has 0 spiro atoms. The van der Waals surface area contributed by atoms with Gasteiger partial charge in [-0.2, -0.15) is 13.7 Å². The Morgan fingerprint density at radius 2 is 1.88 bits per heavy atom. The molecule has 1 aromatic rings. The second kappa shape index (κ2) is 5.80. The molecule has 0 aliphatic rings. The lowest BCUT2D eigenvalue weighted by atomic mass is 10.1. The Hall–Kier alpha value is -1.38. The Labute approximate surface area is 102 Å². The summed E-state index contributed by atoms with van der Waals surface area (Å²) >= 11 is 0. The predicted octanol–water partition coefficient (Wildman–Crippen LogP) is 2.33. The third-order valence-electron chi connectivity index (χ3n) is 2.10. The molecule has 0 saturated carbocycles. The van der Waals surface area contributed by atoms with Crippen LogP contribution >= 0.6 is 0 Å². The fourth-order valence-corrected chi connectivity index (χ4v) is 2.37. The molecule has 0 radical (unpaired) electrons. The van der Waals surface area contributed by atoms with Gasteiger partial charge in [-0.3, -0.25) is 0 Å². The Kier molecular flexibility index (Phi) is 4.67. The number of hydrogen-bond acceptors (Lipinski definition) is 4. The van der Waals surface area contributed by atoms with Gasteiger partial charge in [-0.25, -0.2) is 4.18 Å². The monoisotopic (exact) mass is 253 g/mol. The second-order valence-electron chi connectivity index (χ2n) is 4.11. The molecule has 1 rings (SSSR count). The largest absolute Gasteiger partial charge is 0.298 e. The van der Waals surface area contributed by atoms with E-state index in [0.717, 1.165) is 0 Å². The molecule has 0 amide bonds. The minimum Gasteiger partial charge on any atom is -0.248 e. The highest BCUT2D eigenvalue weighted by molar-refractivity contribution is 7.86. The van der Waals surface area contributed by atoms with E-state index in [4.69, 9.17) is 9.44 Å². The molecule has 0 saturated heterocycles. The third kappa shape index (κ3) is 4.17. The summed E-state index contributed by atoms with van der Waals surface area (Å²) in [5.41, 5.74) is 0. The molecule has 5 heteroatoms. The van der Waals surface area contributed by atoms with Gasteiger partial charge in [-0.05, 0) is 24.5 Å². The van der Waals surface area contributed by atoms with Crippen molar-refractivity contribution in [3.8, 4) is 6.07 Å². The molecule has 92 valence electrons. The van der Waals surface area contributed by atoms with Crippen LogP contribution in [0.15, 0.2) is 35.2 Å². The van der Waals surface area contributed by atoms with Gasteiger partial charge in [-0.1, -0.05) is 32.0 Å². The zero-order chi connectivity index (χ0) is 12.9. The lowest BCUT2D eigenvalue weighted by Crippen LogP contribution is -2.18. The maximum Gasteiger partial charge on any atom is 0.298 e. The first-order valence-corrected chi connectivity index (χ1v) is 6.74. The number of nitriles is 1. The zero-order valence-corrected chi connectivity index (χ0v) is 10.6. The summed E-state index contributed by atoms with van der Waals surface area (Å²) in [4.78, 5) is 0.0732. The van der Waals surface area contributed by atoms with E-state index < -0.39 is 16.2 Å². The molecule has 0 N–H and O–H groups in total. The summed E-state index contributed by atoms with van der Waals surface area (Å²) in [5, 5.41) is 8.85. The van der Waals surface area contributed by atoms with Crippen LogP contribution in [0.1, 0.15) is 20.3 Å². The normalized spacial score (nSPS) is 13.3. The van der Waals surface area contributed by atoms with Crippen molar-refractivity contribution in [1.29, 1.82) is 5.26 Å². The summed E-state index contributed by atoms with van der Waals surface area (Å²) in [7, 11) is -3.84. The smallest absolute Gasteiger partial charge is 0.248 e. The van der Waals surface area contributed by atoms with Crippen molar-refractivity contribution in [1.82, 2.24) is 0 Å². The lowest BCUT2D eigenvalue weighted by Gasteiger charge is -2.12. The molecule has 0 unspecified atom stereocenters. The highest BCUT2D eigenvalue weighted by Gasteiger charge is 2.21. The van der Waals surface area contributed by atoms with Crippen molar-refractivity contribution in [2.75, 3.05) is 0 Å². The van der Waals surface area contributed by atoms with Gasteiger partial charge in [0.25, 0.3) is 10.1 Å². The summed E-state index contributed by atoms with van der Waals surface area (Å²) in [6, 6.07) is 9.68. The van der Waals surface area contributed by atoms with Crippen LogP contribution < -0.4 is 0 Å². The quantitative estimate of drug-likeness (QED) is 0.755. The summed E-state index contributed by atoms with van der Waals surface area (Å²) in [5.74, 6) is 0.200. The molecular weight excluding hydrogens is 238 g/mol. The van der Waals surface area contributed by atoms with Crippen LogP contribution in [0.25, 0.3) is 0 Å². The maximum absolute atomic E-state index is 11.8. The van der Waals surface area contributed by atoms with Crippen molar-refractivity contribution in [2.45, 2.75) is 31.3 Å². The molecule has 0 fully saturated rings. The van der Waals surface area contributed by atoms with E-state index in [2.05, 4.69) is 0 Å². The van der Waals surface area contributed by atoms with Gasteiger partial charge in [0.05, 0.1) is 11.0 Å². The Morgan fingerprint density at radius 3 is 2.35 bits per heavy atom. The fourth-order valence-electron chi connectivity index (χ4n) is 1.34. The maximum atomic E-state index is 11.8. The van der Waals surface area contributed by atoms with E-state index >= 15 is 0 Å². The fraction of sp³-hybridized carbons (Fsp3) is 0.417. The van der Waals surface area contributed by atoms with Gasteiger partial charge in [-0.15, -0.1) is 0 Å². The van der Waals surface area contributed by atoms with Crippen molar-refractivity contribution < 1.29 is 12.6 Å². The third-order valence-corrected chi connectivity index (χ3v) is 3.44. The SMILES string of the molecule is CC(C)C[C@@H](C#N)OS(=O)(=O)c1ccccc1. The standard InChI is InChI=1S/C12H15NO3S/c1-10(2)8-11(9-13)16-17(14,15)12-6-4-3-5-7-12/h3-7,10-11H,8H2,1-2H3/t11-/m0/s1. The van der Waals surface area contributed by atoms with Crippen LogP contribution in [0.4, 0.5) is 0 Å². The zero-order valence-electron chi connectivity index (χ0n) is 9.83. The molecule has 4 nitrogen and oxygen atoms in total. The molecular formula is C12H15NO3S. The molecule has 17 heavy (non-hydrogen) atoms. The summed E-state index contributed by atoms with van der Waals surface area (Å²) in [6.45, 7) is 3.81.